The van der Waals surface area contributed by atoms with Crippen LogP contribution in [-0.2, 0) is 0 Å². The molecule has 64 valence electrons. The topological polar surface area (TPSA) is 50.4 Å². The van der Waals surface area contributed by atoms with Crippen LogP contribution < -0.4 is 11.3 Å². The molecular formula is C8H17N3. The minimum absolute atomic E-state index is 0.606. The zero-order valence-electron chi connectivity index (χ0n) is 7.30. The summed E-state index contributed by atoms with van der Waals surface area (Å²) < 4.78 is 0. The maximum absolute atomic E-state index is 5.33. The molecule has 1 saturated carbocycles. The quantitative estimate of drug-likeness (QED) is 0.269. The number of hydrogen-bond acceptors (Lipinski definition) is 2. The molecule has 1 aliphatic carbocycles. The van der Waals surface area contributed by atoms with Gasteiger partial charge in [-0.3, -0.25) is 4.99 Å². The highest BCUT2D eigenvalue weighted by atomic mass is 15.3. The number of nitrogens with one attached hydrogen (secondary N) is 1. The van der Waals surface area contributed by atoms with Gasteiger partial charge in [0.1, 0.15) is 5.84 Å². The van der Waals surface area contributed by atoms with Crippen molar-refractivity contribution in [1.82, 2.24) is 5.43 Å². The van der Waals surface area contributed by atoms with Gasteiger partial charge in [-0.1, -0.05) is 6.92 Å². The molecular weight excluding hydrogens is 138 g/mol. The predicted octanol–water partition coefficient (Wildman–Crippen LogP) is 0.914. The molecule has 0 radical (unpaired) electrons. The monoisotopic (exact) mass is 155 g/mol. The summed E-state index contributed by atoms with van der Waals surface area (Å²) in [6.07, 6.45) is 2.48. The van der Waals surface area contributed by atoms with E-state index in [2.05, 4.69) is 17.3 Å². The molecule has 0 amide bonds. The third kappa shape index (κ3) is 1.93. The normalized spacial score (nSPS) is 31.4. The van der Waals surface area contributed by atoms with E-state index < -0.39 is 0 Å². The Balaban J connectivity index is 2.38. The van der Waals surface area contributed by atoms with Crippen molar-refractivity contribution in [3.63, 3.8) is 0 Å². The van der Waals surface area contributed by atoms with Gasteiger partial charge in [0.15, 0.2) is 0 Å². The molecule has 0 aromatic carbocycles. The second-order valence-corrected chi connectivity index (χ2v) is 3.28. The van der Waals surface area contributed by atoms with Crippen molar-refractivity contribution in [2.24, 2.45) is 22.7 Å². The average molecular weight is 155 g/mol. The highest BCUT2D eigenvalue weighted by Crippen LogP contribution is 2.33. The van der Waals surface area contributed by atoms with Crippen LogP contribution in [0.3, 0.4) is 0 Å². The summed E-state index contributed by atoms with van der Waals surface area (Å²) in [6.45, 7) is 5.11. The second kappa shape index (κ2) is 3.72. The molecule has 3 N–H and O–H groups in total. The first-order valence-corrected chi connectivity index (χ1v) is 4.28. The van der Waals surface area contributed by atoms with Crippen LogP contribution in [0.5, 0.6) is 0 Å². The van der Waals surface area contributed by atoms with Crippen molar-refractivity contribution < 1.29 is 0 Å². The van der Waals surface area contributed by atoms with Crippen molar-refractivity contribution in [3.05, 3.63) is 0 Å². The molecule has 1 fully saturated rings. The molecule has 3 nitrogen and oxygen atoms in total. The number of hydrazine groups is 1. The Bertz CT molecular complexity index is 147. The maximum Gasteiger partial charge on any atom is 0.113 e. The van der Waals surface area contributed by atoms with E-state index in [1.165, 1.54) is 12.8 Å². The van der Waals surface area contributed by atoms with Crippen molar-refractivity contribution in [1.29, 1.82) is 0 Å². The van der Waals surface area contributed by atoms with Gasteiger partial charge in [0, 0.05) is 12.5 Å². The molecule has 3 heteroatoms. The maximum atomic E-state index is 5.33. The lowest BCUT2D eigenvalue weighted by Gasteiger charge is -2.33. The fourth-order valence-corrected chi connectivity index (χ4v) is 1.59. The third-order valence-electron chi connectivity index (χ3n) is 2.24. The zero-order chi connectivity index (χ0) is 8.27. The molecule has 0 unspecified atom stereocenters. The van der Waals surface area contributed by atoms with Gasteiger partial charge in [-0.2, -0.15) is 0 Å². The van der Waals surface area contributed by atoms with Gasteiger partial charge >= 0.3 is 0 Å². The van der Waals surface area contributed by atoms with E-state index in [0.717, 1.165) is 18.3 Å². The molecule has 1 rings (SSSR count). The van der Waals surface area contributed by atoms with Gasteiger partial charge in [-0.05, 0) is 25.7 Å². The first-order valence-electron chi connectivity index (χ1n) is 4.28. The van der Waals surface area contributed by atoms with E-state index in [-0.39, 0.29) is 0 Å². The van der Waals surface area contributed by atoms with E-state index in [1.807, 2.05) is 6.92 Å². The van der Waals surface area contributed by atoms with E-state index in [1.54, 1.807) is 0 Å². The van der Waals surface area contributed by atoms with Gasteiger partial charge in [0.2, 0.25) is 0 Å². The van der Waals surface area contributed by atoms with Crippen LogP contribution in [0.1, 0.15) is 26.7 Å². The van der Waals surface area contributed by atoms with Crippen LogP contribution >= 0.6 is 0 Å². The van der Waals surface area contributed by atoms with Gasteiger partial charge in [-0.25, -0.2) is 5.84 Å². The standard InChI is InChI=1S/C8H17N3/c1-3-10-8(11-9)7-4-6(2)5-7/h6-7H,3-5,9H2,1-2H3,(H,10,11). The Hall–Kier alpha value is -0.570. The molecule has 0 aromatic rings. The number of aliphatic imine (C=N–C) groups is 1. The van der Waals surface area contributed by atoms with Crippen LogP contribution in [0.2, 0.25) is 0 Å². The van der Waals surface area contributed by atoms with Gasteiger partial charge < -0.3 is 5.43 Å². The number of amidine groups is 1. The molecule has 0 aromatic heterocycles. The summed E-state index contributed by atoms with van der Waals surface area (Å²) in [4.78, 5) is 4.28. The van der Waals surface area contributed by atoms with Crippen molar-refractivity contribution >= 4 is 5.84 Å². The van der Waals surface area contributed by atoms with Crippen molar-refractivity contribution in [2.45, 2.75) is 26.7 Å². The SMILES string of the molecule is CCN=C(NN)C1CC(C)C1. The summed E-state index contributed by atoms with van der Waals surface area (Å²) in [5.74, 6) is 7.79. The smallest absolute Gasteiger partial charge is 0.113 e. The Morgan fingerprint density at radius 2 is 2.27 bits per heavy atom. The van der Waals surface area contributed by atoms with E-state index in [0.29, 0.717) is 5.92 Å². The lowest BCUT2D eigenvalue weighted by Crippen LogP contribution is -2.41. The Kier molecular flexibility index (Phi) is 2.88. The van der Waals surface area contributed by atoms with Crippen molar-refractivity contribution in [3.8, 4) is 0 Å². The molecule has 0 saturated heterocycles. The van der Waals surface area contributed by atoms with Gasteiger partial charge in [-0.15, -0.1) is 0 Å². The average Bonchev–Trinajstić information content (AvgIpc) is 1.95. The summed E-state index contributed by atoms with van der Waals surface area (Å²) >= 11 is 0. The van der Waals surface area contributed by atoms with Gasteiger partial charge in [0.05, 0.1) is 0 Å². The third-order valence-corrected chi connectivity index (χ3v) is 2.24. The summed E-state index contributed by atoms with van der Waals surface area (Å²) in [6, 6.07) is 0. The fourth-order valence-electron chi connectivity index (χ4n) is 1.59. The molecule has 0 spiro atoms. The Morgan fingerprint density at radius 3 is 2.64 bits per heavy atom. The first-order chi connectivity index (χ1) is 5.27. The van der Waals surface area contributed by atoms with E-state index >= 15 is 0 Å². The van der Waals surface area contributed by atoms with E-state index in [4.69, 9.17) is 5.84 Å². The number of nitrogens with zero attached hydrogens (tertiary/aromatic N) is 1. The summed E-state index contributed by atoms with van der Waals surface area (Å²) in [5, 5.41) is 0. The molecule has 0 aliphatic heterocycles. The van der Waals surface area contributed by atoms with Crippen molar-refractivity contribution in [2.75, 3.05) is 6.54 Å². The van der Waals surface area contributed by atoms with Crippen LogP contribution in [0.4, 0.5) is 0 Å². The first kappa shape index (κ1) is 8.53. The van der Waals surface area contributed by atoms with E-state index in [9.17, 15) is 0 Å². The second-order valence-electron chi connectivity index (χ2n) is 3.28. The summed E-state index contributed by atoms with van der Waals surface area (Å²) in [7, 11) is 0. The lowest BCUT2D eigenvalue weighted by molar-refractivity contribution is 0.276. The lowest BCUT2D eigenvalue weighted by atomic mass is 9.75. The molecule has 0 bridgehead atoms. The summed E-state index contributed by atoms with van der Waals surface area (Å²) in [5.41, 5.74) is 2.68. The largest absolute Gasteiger partial charge is 0.312 e. The zero-order valence-corrected chi connectivity index (χ0v) is 7.30. The minimum Gasteiger partial charge on any atom is -0.312 e. The van der Waals surface area contributed by atoms with Crippen LogP contribution in [0, 0.1) is 11.8 Å². The minimum atomic E-state index is 0.606. The highest BCUT2D eigenvalue weighted by Gasteiger charge is 2.28. The molecule has 11 heavy (non-hydrogen) atoms. The van der Waals surface area contributed by atoms with Gasteiger partial charge in [0.25, 0.3) is 0 Å². The van der Waals surface area contributed by atoms with Crippen LogP contribution in [-0.4, -0.2) is 12.4 Å². The Labute approximate surface area is 68.0 Å². The fraction of sp³-hybridized carbons (Fsp3) is 0.875. The molecule has 0 heterocycles. The van der Waals surface area contributed by atoms with Crippen LogP contribution in [0.25, 0.3) is 0 Å². The molecule has 0 atom stereocenters. The number of nitrogens with two attached hydrogens (primary N) is 1. The number of rotatable bonds is 2. The number of hydrogen-bond donors (Lipinski definition) is 2. The Morgan fingerprint density at radius 1 is 1.64 bits per heavy atom. The highest BCUT2D eigenvalue weighted by molar-refractivity contribution is 5.84. The molecule has 1 aliphatic rings. The predicted molar refractivity (Wildman–Crippen MR) is 47.2 cm³/mol. The van der Waals surface area contributed by atoms with Crippen LogP contribution in [0.15, 0.2) is 4.99 Å².